The van der Waals surface area contributed by atoms with Crippen molar-refractivity contribution >= 4 is 33.3 Å². The summed E-state index contributed by atoms with van der Waals surface area (Å²) in [5.41, 5.74) is 3.01. The number of carbonyl (C=O) groups is 1. The Morgan fingerprint density at radius 2 is 2.03 bits per heavy atom. The van der Waals surface area contributed by atoms with E-state index in [-0.39, 0.29) is 11.8 Å². The molecule has 3 heterocycles. The Kier molecular flexibility index (Phi) is 4.52. The van der Waals surface area contributed by atoms with Crippen LogP contribution in [0.2, 0.25) is 0 Å². The molecule has 2 aromatic carbocycles. The molecule has 0 aliphatic carbocycles. The van der Waals surface area contributed by atoms with Crippen molar-refractivity contribution in [1.29, 1.82) is 0 Å². The van der Waals surface area contributed by atoms with Crippen molar-refractivity contribution in [3.63, 3.8) is 0 Å². The van der Waals surface area contributed by atoms with E-state index in [4.69, 9.17) is 4.74 Å². The molecule has 0 spiro atoms. The molecule has 0 radical (unpaired) electrons. The number of fused-ring (bicyclic) bond motifs is 2. The number of para-hydroxylation sites is 1. The van der Waals surface area contributed by atoms with Gasteiger partial charge in [-0.05, 0) is 36.2 Å². The summed E-state index contributed by atoms with van der Waals surface area (Å²) >= 11 is 1.56. The molecule has 1 aliphatic heterocycles. The first-order chi connectivity index (χ1) is 14.2. The summed E-state index contributed by atoms with van der Waals surface area (Å²) in [6, 6.07) is 16.0. The van der Waals surface area contributed by atoms with Gasteiger partial charge in [0.05, 0.1) is 23.0 Å². The van der Waals surface area contributed by atoms with Crippen molar-refractivity contribution in [2.75, 3.05) is 11.9 Å². The van der Waals surface area contributed by atoms with Gasteiger partial charge in [-0.3, -0.25) is 4.79 Å². The molecule has 1 unspecified atom stereocenters. The molecule has 1 N–H and O–H groups in total. The highest BCUT2D eigenvalue weighted by Gasteiger charge is 2.31. The fourth-order valence-electron chi connectivity index (χ4n) is 3.63. The van der Waals surface area contributed by atoms with Crippen molar-refractivity contribution in [1.82, 2.24) is 14.8 Å². The second-order valence-electron chi connectivity index (χ2n) is 7.05. The van der Waals surface area contributed by atoms with Gasteiger partial charge in [0.1, 0.15) is 11.6 Å². The summed E-state index contributed by atoms with van der Waals surface area (Å²) < 4.78 is 8.51. The van der Waals surface area contributed by atoms with Crippen LogP contribution in [0.4, 0.5) is 5.82 Å². The van der Waals surface area contributed by atoms with Crippen molar-refractivity contribution in [2.45, 2.75) is 25.7 Å². The minimum atomic E-state index is -0.0397. The van der Waals surface area contributed by atoms with Gasteiger partial charge < -0.3 is 10.1 Å². The SMILES string of the molecule is CCCOc1ccc(C2CC(=O)Nc3c2cnn3-c2nc3ccccc3s2)cc1. The highest BCUT2D eigenvalue weighted by atomic mass is 32.1. The zero-order valence-electron chi connectivity index (χ0n) is 16.0. The summed E-state index contributed by atoms with van der Waals surface area (Å²) in [4.78, 5) is 17.2. The van der Waals surface area contributed by atoms with E-state index in [0.29, 0.717) is 18.8 Å². The second-order valence-corrected chi connectivity index (χ2v) is 8.06. The monoisotopic (exact) mass is 404 g/mol. The number of nitrogens with zero attached hydrogens (tertiary/aromatic N) is 3. The topological polar surface area (TPSA) is 69.0 Å². The average Bonchev–Trinajstić information content (AvgIpc) is 3.35. The maximum atomic E-state index is 12.5. The van der Waals surface area contributed by atoms with Crippen LogP contribution in [0.3, 0.4) is 0 Å². The standard InChI is InChI=1S/C22H20N4O2S/c1-2-11-28-15-9-7-14(8-10-15)16-12-20(27)25-21-17(16)13-23-26(21)22-24-18-5-3-4-6-19(18)29-22/h3-10,13,16H,2,11-12H2,1H3,(H,25,27). The van der Waals surface area contributed by atoms with Crippen LogP contribution < -0.4 is 10.1 Å². The minimum absolute atomic E-state index is 0.0170. The fourth-order valence-corrected chi connectivity index (χ4v) is 4.56. The summed E-state index contributed by atoms with van der Waals surface area (Å²) in [5.74, 6) is 1.50. The molecule has 6 nitrogen and oxygen atoms in total. The van der Waals surface area contributed by atoms with E-state index < -0.39 is 0 Å². The minimum Gasteiger partial charge on any atom is -0.494 e. The molecular weight excluding hydrogens is 384 g/mol. The van der Waals surface area contributed by atoms with Crippen molar-refractivity contribution in [3.05, 3.63) is 65.9 Å². The van der Waals surface area contributed by atoms with Crippen LogP contribution in [0.1, 0.15) is 36.8 Å². The lowest BCUT2D eigenvalue weighted by Gasteiger charge is -2.23. The summed E-state index contributed by atoms with van der Waals surface area (Å²) in [6.07, 6.45) is 3.21. The van der Waals surface area contributed by atoms with Gasteiger partial charge in [-0.15, -0.1) is 0 Å². The lowest BCUT2D eigenvalue weighted by atomic mass is 9.87. The molecule has 0 fully saturated rings. The van der Waals surface area contributed by atoms with E-state index in [1.807, 2.05) is 54.7 Å². The highest BCUT2D eigenvalue weighted by molar-refractivity contribution is 7.20. The van der Waals surface area contributed by atoms with E-state index in [1.165, 1.54) is 0 Å². The maximum Gasteiger partial charge on any atom is 0.226 e. The van der Waals surface area contributed by atoms with Crippen molar-refractivity contribution in [2.24, 2.45) is 0 Å². The zero-order valence-corrected chi connectivity index (χ0v) is 16.8. The van der Waals surface area contributed by atoms with Crippen LogP contribution in [0.25, 0.3) is 15.3 Å². The van der Waals surface area contributed by atoms with Gasteiger partial charge in [-0.1, -0.05) is 42.5 Å². The first-order valence-corrected chi connectivity index (χ1v) is 10.5. The van der Waals surface area contributed by atoms with Crippen molar-refractivity contribution in [3.8, 4) is 10.9 Å². The molecule has 1 atom stereocenters. The molecule has 0 bridgehead atoms. The molecule has 0 saturated carbocycles. The number of rotatable bonds is 5. The van der Waals surface area contributed by atoms with Crippen LogP contribution in [-0.2, 0) is 4.79 Å². The largest absolute Gasteiger partial charge is 0.494 e. The maximum absolute atomic E-state index is 12.5. The molecular formula is C22H20N4O2S. The Morgan fingerprint density at radius 1 is 1.21 bits per heavy atom. The third kappa shape index (κ3) is 3.27. The predicted molar refractivity (Wildman–Crippen MR) is 114 cm³/mol. The number of nitrogens with one attached hydrogen (secondary N) is 1. The number of hydrogen-bond acceptors (Lipinski definition) is 5. The molecule has 29 heavy (non-hydrogen) atoms. The van der Waals surface area contributed by atoms with Crippen LogP contribution in [-0.4, -0.2) is 27.3 Å². The molecule has 146 valence electrons. The highest BCUT2D eigenvalue weighted by Crippen LogP contribution is 2.39. The van der Waals surface area contributed by atoms with Gasteiger partial charge in [-0.25, -0.2) is 4.98 Å². The first kappa shape index (κ1) is 17.9. The normalized spacial score (nSPS) is 15.9. The average molecular weight is 404 g/mol. The first-order valence-electron chi connectivity index (χ1n) is 9.69. The van der Waals surface area contributed by atoms with E-state index in [2.05, 4.69) is 22.3 Å². The Balaban J connectivity index is 1.51. The number of benzene rings is 2. The molecule has 2 aromatic heterocycles. The Morgan fingerprint density at radius 3 is 2.83 bits per heavy atom. The van der Waals surface area contributed by atoms with Crippen molar-refractivity contribution < 1.29 is 9.53 Å². The van der Waals surface area contributed by atoms with Gasteiger partial charge >= 0.3 is 0 Å². The predicted octanol–water partition coefficient (Wildman–Crippen LogP) is 4.74. The van der Waals surface area contributed by atoms with Gasteiger partial charge in [0.15, 0.2) is 0 Å². The molecule has 7 heteroatoms. The number of ether oxygens (including phenoxy) is 1. The fraction of sp³-hybridized carbons (Fsp3) is 0.227. The number of aromatic nitrogens is 3. The Labute approximate surface area is 172 Å². The molecule has 0 saturated heterocycles. The zero-order chi connectivity index (χ0) is 19.8. The van der Waals surface area contributed by atoms with Crippen LogP contribution in [0, 0.1) is 0 Å². The van der Waals surface area contributed by atoms with E-state index >= 15 is 0 Å². The van der Waals surface area contributed by atoms with Gasteiger partial charge in [0.2, 0.25) is 11.0 Å². The molecule has 5 rings (SSSR count). The second kappa shape index (κ2) is 7.33. The lowest BCUT2D eigenvalue weighted by Crippen LogP contribution is -2.24. The number of hydrogen-bond donors (Lipinski definition) is 1. The third-order valence-corrected chi connectivity index (χ3v) is 6.05. The third-order valence-electron chi connectivity index (χ3n) is 5.04. The Bertz CT molecular complexity index is 1150. The van der Waals surface area contributed by atoms with Crippen LogP contribution in [0.5, 0.6) is 5.75 Å². The quantitative estimate of drug-likeness (QED) is 0.521. The van der Waals surface area contributed by atoms with Gasteiger partial charge in [0.25, 0.3) is 0 Å². The number of carbonyl (C=O) groups excluding carboxylic acids is 1. The number of amides is 1. The summed E-state index contributed by atoms with van der Waals surface area (Å²) in [7, 11) is 0. The number of thiazole rings is 1. The molecule has 1 amide bonds. The molecule has 1 aliphatic rings. The smallest absolute Gasteiger partial charge is 0.226 e. The van der Waals surface area contributed by atoms with E-state index in [0.717, 1.165) is 38.6 Å². The van der Waals surface area contributed by atoms with E-state index in [1.54, 1.807) is 16.0 Å². The molecule has 4 aromatic rings. The number of anilines is 1. The van der Waals surface area contributed by atoms with Crippen LogP contribution in [0.15, 0.2) is 54.7 Å². The summed E-state index contributed by atoms with van der Waals surface area (Å²) in [5, 5.41) is 8.30. The van der Waals surface area contributed by atoms with Gasteiger partial charge in [0, 0.05) is 17.9 Å². The van der Waals surface area contributed by atoms with Crippen LogP contribution >= 0.6 is 11.3 Å². The summed E-state index contributed by atoms with van der Waals surface area (Å²) in [6.45, 7) is 2.78. The van der Waals surface area contributed by atoms with E-state index in [9.17, 15) is 4.79 Å². The Hall–Kier alpha value is -3.19. The van der Waals surface area contributed by atoms with Gasteiger partial charge in [-0.2, -0.15) is 9.78 Å². The lowest BCUT2D eigenvalue weighted by molar-refractivity contribution is -0.116.